The van der Waals surface area contributed by atoms with Gasteiger partial charge in [0.2, 0.25) is 0 Å². The molecule has 6 aromatic rings. The zero-order valence-electron chi connectivity index (χ0n) is 21.9. The van der Waals surface area contributed by atoms with Gasteiger partial charge in [0.25, 0.3) is 0 Å². The van der Waals surface area contributed by atoms with Gasteiger partial charge in [-0.1, -0.05) is 145 Å². The highest BCUT2D eigenvalue weighted by Gasteiger charge is 2.39. The number of halogens is 1. The number of hydrogen-bond acceptors (Lipinski definition) is 2. The molecule has 2 atom stereocenters. The van der Waals surface area contributed by atoms with E-state index in [0.717, 1.165) is 33.5 Å². The fraction of sp³-hybridized carbons (Fsp3) is 0.0833. The van der Waals surface area contributed by atoms with Crippen LogP contribution in [0.25, 0.3) is 0 Å². The van der Waals surface area contributed by atoms with E-state index in [-0.39, 0.29) is 0 Å². The standard InChI is InChI=1S/C36H29ClN2O/c37-32-23-13-16-28(24-32)35(40)34(27-14-5-1-6-15-27)33-25-39(26-38-33)36(29-17-7-2-8-18-29,30-19-9-3-10-20-30)31-21-11-4-12-22-31/h1-26,34-35,40H. The summed E-state index contributed by atoms with van der Waals surface area (Å²) in [4.78, 5) is 4.97. The number of aromatic nitrogens is 2. The Labute approximate surface area is 240 Å². The molecular formula is C36H29ClN2O. The van der Waals surface area contributed by atoms with E-state index in [4.69, 9.17) is 16.6 Å². The molecule has 6 rings (SSSR count). The molecule has 4 heteroatoms. The van der Waals surface area contributed by atoms with Crippen molar-refractivity contribution in [3.8, 4) is 0 Å². The quantitative estimate of drug-likeness (QED) is 0.197. The smallest absolute Gasteiger partial charge is 0.121 e. The van der Waals surface area contributed by atoms with Crippen LogP contribution in [0.1, 0.15) is 45.5 Å². The van der Waals surface area contributed by atoms with E-state index in [9.17, 15) is 5.11 Å². The number of rotatable bonds is 8. The molecule has 5 aromatic carbocycles. The molecule has 40 heavy (non-hydrogen) atoms. The van der Waals surface area contributed by atoms with Gasteiger partial charge in [0.15, 0.2) is 0 Å². The highest BCUT2D eigenvalue weighted by Crippen LogP contribution is 2.43. The third-order valence-corrected chi connectivity index (χ3v) is 7.78. The van der Waals surface area contributed by atoms with E-state index >= 15 is 0 Å². The number of imidazole rings is 1. The van der Waals surface area contributed by atoms with Crippen LogP contribution in [0, 0.1) is 0 Å². The fourth-order valence-electron chi connectivity index (χ4n) is 5.73. The minimum atomic E-state index is -0.843. The van der Waals surface area contributed by atoms with Gasteiger partial charge in [0, 0.05) is 11.2 Å². The van der Waals surface area contributed by atoms with Gasteiger partial charge >= 0.3 is 0 Å². The topological polar surface area (TPSA) is 38.0 Å². The summed E-state index contributed by atoms with van der Waals surface area (Å²) >= 11 is 6.32. The van der Waals surface area contributed by atoms with Gasteiger partial charge < -0.3 is 9.67 Å². The lowest BCUT2D eigenvalue weighted by Crippen LogP contribution is -2.37. The van der Waals surface area contributed by atoms with Gasteiger partial charge in [-0.25, -0.2) is 4.98 Å². The lowest BCUT2D eigenvalue weighted by atomic mass is 9.76. The van der Waals surface area contributed by atoms with Crippen molar-refractivity contribution >= 4 is 11.6 Å². The molecule has 0 saturated heterocycles. The highest BCUT2D eigenvalue weighted by atomic mass is 35.5. The molecule has 0 amide bonds. The van der Waals surface area contributed by atoms with Crippen molar-refractivity contribution in [2.24, 2.45) is 0 Å². The molecule has 3 nitrogen and oxygen atoms in total. The normalized spacial score (nSPS) is 13.1. The first-order chi connectivity index (χ1) is 19.7. The molecule has 0 fully saturated rings. The first-order valence-electron chi connectivity index (χ1n) is 13.4. The molecule has 0 spiro atoms. The maximum Gasteiger partial charge on any atom is 0.121 e. The van der Waals surface area contributed by atoms with Gasteiger partial charge in [-0.3, -0.25) is 0 Å². The highest BCUT2D eigenvalue weighted by molar-refractivity contribution is 6.30. The summed E-state index contributed by atoms with van der Waals surface area (Å²) in [6.45, 7) is 0. The summed E-state index contributed by atoms with van der Waals surface area (Å²) in [7, 11) is 0. The summed E-state index contributed by atoms with van der Waals surface area (Å²) in [5.74, 6) is -0.402. The molecule has 196 valence electrons. The molecule has 1 N–H and O–H groups in total. The maximum absolute atomic E-state index is 11.8. The second kappa shape index (κ2) is 11.4. The van der Waals surface area contributed by atoms with Crippen molar-refractivity contribution in [3.05, 3.63) is 197 Å². The SMILES string of the molecule is OC(c1cccc(Cl)c1)C(c1ccccc1)c1cn(C(c2ccccc2)(c2ccccc2)c2ccccc2)cn1. The number of benzene rings is 5. The summed E-state index contributed by atoms with van der Waals surface area (Å²) in [6.07, 6.45) is 3.13. The van der Waals surface area contributed by atoms with Crippen LogP contribution in [0.3, 0.4) is 0 Å². The molecular weight excluding hydrogens is 512 g/mol. The van der Waals surface area contributed by atoms with Crippen molar-refractivity contribution in [1.29, 1.82) is 0 Å². The van der Waals surface area contributed by atoms with Crippen molar-refractivity contribution in [3.63, 3.8) is 0 Å². The number of nitrogens with zero attached hydrogens (tertiary/aromatic N) is 2. The minimum Gasteiger partial charge on any atom is -0.387 e. The summed E-state index contributed by atoms with van der Waals surface area (Å²) in [5, 5.41) is 12.4. The van der Waals surface area contributed by atoms with Crippen LogP contribution in [-0.4, -0.2) is 14.7 Å². The fourth-order valence-corrected chi connectivity index (χ4v) is 5.92. The van der Waals surface area contributed by atoms with Crippen LogP contribution in [0.5, 0.6) is 0 Å². The van der Waals surface area contributed by atoms with Gasteiger partial charge in [-0.2, -0.15) is 0 Å². The Morgan fingerprint density at radius 1 is 0.600 bits per heavy atom. The van der Waals surface area contributed by atoms with E-state index < -0.39 is 17.6 Å². The van der Waals surface area contributed by atoms with Crippen molar-refractivity contribution in [2.75, 3.05) is 0 Å². The Kier molecular flexibility index (Phi) is 7.33. The van der Waals surface area contributed by atoms with E-state index in [1.165, 1.54) is 0 Å². The van der Waals surface area contributed by atoms with Crippen LogP contribution >= 0.6 is 11.6 Å². The summed E-state index contributed by atoms with van der Waals surface area (Å²) < 4.78 is 2.18. The lowest BCUT2D eigenvalue weighted by molar-refractivity contribution is 0.157. The Morgan fingerprint density at radius 3 is 1.57 bits per heavy atom. The average molecular weight is 541 g/mol. The Balaban J connectivity index is 1.58. The number of aliphatic hydroxyl groups is 1. The van der Waals surface area contributed by atoms with Crippen LogP contribution in [-0.2, 0) is 5.54 Å². The largest absolute Gasteiger partial charge is 0.387 e. The van der Waals surface area contributed by atoms with Gasteiger partial charge in [0.1, 0.15) is 5.54 Å². The summed E-state index contributed by atoms with van der Waals surface area (Å²) in [6, 6.07) is 49.0. The predicted molar refractivity (Wildman–Crippen MR) is 162 cm³/mol. The van der Waals surface area contributed by atoms with Crippen LogP contribution < -0.4 is 0 Å². The molecule has 0 radical (unpaired) electrons. The monoisotopic (exact) mass is 540 g/mol. The number of hydrogen-bond donors (Lipinski definition) is 1. The van der Waals surface area contributed by atoms with Crippen LogP contribution in [0.15, 0.2) is 158 Å². The molecule has 2 unspecified atom stereocenters. The van der Waals surface area contributed by atoms with E-state index in [1.54, 1.807) is 0 Å². The van der Waals surface area contributed by atoms with Gasteiger partial charge in [-0.15, -0.1) is 0 Å². The first-order valence-corrected chi connectivity index (χ1v) is 13.7. The Bertz CT molecular complexity index is 1570. The van der Waals surface area contributed by atoms with Gasteiger partial charge in [0.05, 0.1) is 24.0 Å². The third kappa shape index (κ3) is 4.75. The molecule has 0 aliphatic rings. The second-order valence-electron chi connectivity index (χ2n) is 9.90. The first kappa shape index (κ1) is 25.8. The van der Waals surface area contributed by atoms with E-state index in [1.807, 2.05) is 79.1 Å². The minimum absolute atomic E-state index is 0.402. The van der Waals surface area contributed by atoms with Crippen LogP contribution in [0.4, 0.5) is 0 Å². The Morgan fingerprint density at radius 2 is 1.07 bits per heavy atom. The molecule has 0 saturated carbocycles. The third-order valence-electron chi connectivity index (χ3n) is 7.55. The average Bonchev–Trinajstić information content (AvgIpc) is 3.49. The lowest BCUT2D eigenvalue weighted by Gasteiger charge is -2.37. The van der Waals surface area contributed by atoms with E-state index in [2.05, 4.69) is 83.6 Å². The van der Waals surface area contributed by atoms with Crippen molar-refractivity contribution < 1.29 is 5.11 Å². The molecule has 1 heterocycles. The van der Waals surface area contributed by atoms with Crippen molar-refractivity contribution in [2.45, 2.75) is 17.6 Å². The number of aliphatic hydroxyl groups excluding tert-OH is 1. The molecule has 0 aliphatic carbocycles. The molecule has 0 aliphatic heterocycles. The van der Waals surface area contributed by atoms with Crippen molar-refractivity contribution in [1.82, 2.24) is 9.55 Å². The zero-order valence-corrected chi connectivity index (χ0v) is 22.6. The maximum atomic E-state index is 11.8. The van der Waals surface area contributed by atoms with Gasteiger partial charge in [-0.05, 0) is 39.9 Å². The molecule has 0 bridgehead atoms. The Hall–Kier alpha value is -4.44. The molecule has 1 aromatic heterocycles. The van der Waals surface area contributed by atoms with Crippen LogP contribution in [0.2, 0.25) is 5.02 Å². The zero-order chi connectivity index (χ0) is 27.4. The second-order valence-corrected chi connectivity index (χ2v) is 10.3. The van der Waals surface area contributed by atoms with E-state index in [0.29, 0.717) is 5.02 Å². The summed E-state index contributed by atoms with van der Waals surface area (Å²) in [5.41, 5.74) is 5.15. The predicted octanol–water partition coefficient (Wildman–Crippen LogP) is 8.24.